The summed E-state index contributed by atoms with van der Waals surface area (Å²) in [5.74, 6) is 1.06. The second-order valence-corrected chi connectivity index (χ2v) is 5.32. The molecule has 0 aliphatic heterocycles. The molecule has 0 aromatic carbocycles. The maximum Gasteiger partial charge on any atom is 0.212 e. The normalized spacial score (nSPS) is 27.8. The van der Waals surface area contributed by atoms with Gasteiger partial charge in [0.25, 0.3) is 0 Å². The summed E-state index contributed by atoms with van der Waals surface area (Å²) in [6.45, 7) is 2.14. The highest BCUT2D eigenvalue weighted by Crippen LogP contribution is 2.50. The molecule has 0 amide bonds. The number of ether oxygens (including phenoxy) is 1. The van der Waals surface area contributed by atoms with Gasteiger partial charge in [0.05, 0.1) is 24.7 Å². The maximum absolute atomic E-state index is 10.5. The molecule has 4 heteroatoms. The lowest BCUT2D eigenvalue weighted by molar-refractivity contribution is 0.0637. The predicted molar refractivity (Wildman–Crippen MR) is 71.4 cm³/mol. The molecule has 1 heterocycles. The predicted octanol–water partition coefficient (Wildman–Crippen LogP) is 2.84. The van der Waals surface area contributed by atoms with Gasteiger partial charge >= 0.3 is 0 Å². The molecule has 1 N–H and O–H groups in total. The molecule has 2 rings (SSSR count). The summed E-state index contributed by atoms with van der Waals surface area (Å²) in [5.41, 5.74) is 0.0378. The van der Waals surface area contributed by atoms with Gasteiger partial charge in [-0.25, -0.2) is 4.98 Å². The van der Waals surface area contributed by atoms with E-state index in [-0.39, 0.29) is 0 Å². The van der Waals surface area contributed by atoms with E-state index in [1.807, 2.05) is 0 Å². The molecule has 4 nitrogen and oxygen atoms in total. The second kappa shape index (κ2) is 5.58. The van der Waals surface area contributed by atoms with Crippen molar-refractivity contribution in [1.29, 1.82) is 5.26 Å². The number of aromatic nitrogens is 1. The number of aliphatic hydroxyl groups is 1. The van der Waals surface area contributed by atoms with Crippen LogP contribution in [0.4, 0.5) is 0 Å². The molecule has 0 spiro atoms. The van der Waals surface area contributed by atoms with E-state index in [9.17, 15) is 10.4 Å². The van der Waals surface area contributed by atoms with Crippen LogP contribution in [0.2, 0.25) is 0 Å². The Hall–Kier alpha value is -1.60. The maximum atomic E-state index is 10.5. The molecule has 0 saturated heterocycles. The lowest BCUT2D eigenvalue weighted by atomic mass is 9.78. The summed E-state index contributed by atoms with van der Waals surface area (Å²) in [7, 11) is 1.55. The summed E-state index contributed by atoms with van der Waals surface area (Å²) in [4.78, 5) is 4.10. The smallest absolute Gasteiger partial charge is 0.212 e. The van der Waals surface area contributed by atoms with Gasteiger partial charge in [-0.15, -0.1) is 0 Å². The van der Waals surface area contributed by atoms with Crippen LogP contribution in [0.1, 0.15) is 44.3 Å². The highest BCUT2D eigenvalue weighted by atomic mass is 16.5. The van der Waals surface area contributed by atoms with Gasteiger partial charge in [0.1, 0.15) is 0 Å². The average molecular weight is 260 g/mol. The number of methoxy groups -OCH3 is 1. The van der Waals surface area contributed by atoms with Crippen molar-refractivity contribution in [2.75, 3.05) is 7.11 Å². The number of hydrogen-bond acceptors (Lipinski definition) is 4. The Morgan fingerprint density at radius 3 is 2.89 bits per heavy atom. The van der Waals surface area contributed by atoms with E-state index < -0.39 is 11.5 Å². The van der Waals surface area contributed by atoms with E-state index in [2.05, 4.69) is 18.0 Å². The van der Waals surface area contributed by atoms with Crippen LogP contribution in [-0.4, -0.2) is 17.2 Å². The van der Waals surface area contributed by atoms with Crippen LogP contribution in [0, 0.1) is 22.7 Å². The van der Waals surface area contributed by atoms with E-state index >= 15 is 0 Å². The fourth-order valence-electron chi connectivity index (χ4n) is 2.93. The van der Waals surface area contributed by atoms with E-state index in [1.165, 1.54) is 0 Å². The largest absolute Gasteiger partial charge is 0.481 e. The monoisotopic (exact) mass is 260 g/mol. The van der Waals surface area contributed by atoms with Crippen LogP contribution in [0.15, 0.2) is 18.3 Å². The Balaban J connectivity index is 2.21. The van der Waals surface area contributed by atoms with Gasteiger partial charge < -0.3 is 9.84 Å². The first kappa shape index (κ1) is 13.8. The number of rotatable bonds is 4. The molecule has 1 aromatic heterocycles. The molecule has 0 radical (unpaired) electrons. The van der Waals surface area contributed by atoms with E-state index in [4.69, 9.17) is 4.74 Å². The Morgan fingerprint density at radius 2 is 2.42 bits per heavy atom. The van der Waals surface area contributed by atoms with Crippen molar-refractivity contribution in [2.45, 2.75) is 38.7 Å². The highest BCUT2D eigenvalue weighted by molar-refractivity contribution is 5.24. The fraction of sp³-hybridized carbons (Fsp3) is 0.600. The van der Waals surface area contributed by atoms with Crippen LogP contribution in [0.3, 0.4) is 0 Å². The van der Waals surface area contributed by atoms with Crippen molar-refractivity contribution in [3.63, 3.8) is 0 Å². The van der Waals surface area contributed by atoms with Gasteiger partial charge in [-0.1, -0.05) is 13.3 Å². The van der Waals surface area contributed by atoms with Crippen molar-refractivity contribution in [3.8, 4) is 11.9 Å². The molecule has 1 aliphatic carbocycles. The van der Waals surface area contributed by atoms with Crippen molar-refractivity contribution in [2.24, 2.45) is 11.3 Å². The number of nitriles is 1. The Kier molecular flexibility index (Phi) is 4.06. The SMILES string of the molecule is CCC1CCC(C#N)(C(O)c2ccc(OC)nc2)C1. The molecule has 1 aliphatic rings. The number of aliphatic hydroxyl groups excluding tert-OH is 1. The third-order valence-corrected chi connectivity index (χ3v) is 4.26. The molecular formula is C15H20N2O2. The fourth-order valence-corrected chi connectivity index (χ4v) is 2.93. The van der Waals surface area contributed by atoms with E-state index in [1.54, 1.807) is 25.4 Å². The standard InChI is InChI=1S/C15H20N2O2/c1-3-11-6-7-15(8-11,10-16)14(18)12-4-5-13(19-2)17-9-12/h4-5,9,11,14,18H,3,6-8H2,1-2H3. The zero-order valence-electron chi connectivity index (χ0n) is 11.5. The van der Waals surface area contributed by atoms with Crippen LogP contribution < -0.4 is 4.74 Å². The van der Waals surface area contributed by atoms with Gasteiger partial charge in [0.2, 0.25) is 5.88 Å². The third kappa shape index (κ3) is 2.57. The highest BCUT2D eigenvalue weighted by Gasteiger charge is 2.45. The first-order valence-corrected chi connectivity index (χ1v) is 6.74. The molecule has 3 atom stereocenters. The summed E-state index contributed by atoms with van der Waals surface area (Å²) in [6, 6.07) is 5.86. The minimum absolute atomic E-state index is 0.514. The van der Waals surface area contributed by atoms with E-state index in [0.29, 0.717) is 17.4 Å². The van der Waals surface area contributed by atoms with Gasteiger partial charge in [-0.2, -0.15) is 5.26 Å². The quantitative estimate of drug-likeness (QED) is 0.904. The Labute approximate surface area is 114 Å². The topological polar surface area (TPSA) is 66.1 Å². The van der Waals surface area contributed by atoms with Crippen molar-refractivity contribution >= 4 is 0 Å². The average Bonchev–Trinajstić information content (AvgIpc) is 2.91. The lowest BCUT2D eigenvalue weighted by Crippen LogP contribution is -2.24. The summed E-state index contributed by atoms with van der Waals surface area (Å²) in [5, 5.41) is 20.1. The second-order valence-electron chi connectivity index (χ2n) is 5.32. The zero-order valence-corrected chi connectivity index (χ0v) is 11.5. The first-order chi connectivity index (χ1) is 9.15. The molecule has 0 bridgehead atoms. The van der Waals surface area contributed by atoms with Crippen LogP contribution >= 0.6 is 0 Å². The van der Waals surface area contributed by atoms with Gasteiger partial charge in [0, 0.05) is 17.8 Å². The lowest BCUT2D eigenvalue weighted by Gasteiger charge is -2.27. The van der Waals surface area contributed by atoms with Crippen LogP contribution in [0.25, 0.3) is 0 Å². The number of pyridine rings is 1. The number of hydrogen-bond donors (Lipinski definition) is 1. The van der Waals surface area contributed by atoms with E-state index in [0.717, 1.165) is 25.7 Å². The first-order valence-electron chi connectivity index (χ1n) is 6.74. The molecule has 1 saturated carbocycles. The van der Waals surface area contributed by atoms with Gasteiger partial charge in [-0.05, 0) is 31.2 Å². The van der Waals surface area contributed by atoms with Crippen molar-refractivity contribution in [1.82, 2.24) is 4.98 Å². The Bertz CT molecular complexity index is 466. The molecular weight excluding hydrogens is 240 g/mol. The van der Waals surface area contributed by atoms with Gasteiger partial charge in [-0.3, -0.25) is 0 Å². The summed E-state index contributed by atoms with van der Waals surface area (Å²) < 4.78 is 5.00. The molecule has 3 unspecified atom stereocenters. The number of nitrogens with zero attached hydrogens (tertiary/aromatic N) is 2. The molecule has 1 fully saturated rings. The van der Waals surface area contributed by atoms with Crippen molar-refractivity contribution in [3.05, 3.63) is 23.9 Å². The molecule has 1 aromatic rings. The minimum atomic E-state index is -0.771. The summed E-state index contributed by atoms with van der Waals surface area (Å²) in [6.07, 6.45) is 4.44. The Morgan fingerprint density at radius 1 is 1.63 bits per heavy atom. The molecule has 102 valence electrons. The summed E-state index contributed by atoms with van der Waals surface area (Å²) >= 11 is 0. The van der Waals surface area contributed by atoms with Crippen molar-refractivity contribution < 1.29 is 9.84 Å². The molecule has 19 heavy (non-hydrogen) atoms. The van der Waals surface area contributed by atoms with Crippen LogP contribution in [0.5, 0.6) is 5.88 Å². The third-order valence-electron chi connectivity index (χ3n) is 4.26. The van der Waals surface area contributed by atoms with Crippen LogP contribution in [-0.2, 0) is 0 Å². The zero-order chi connectivity index (χ0) is 13.9. The van der Waals surface area contributed by atoms with Gasteiger partial charge in [0.15, 0.2) is 0 Å². The minimum Gasteiger partial charge on any atom is -0.481 e.